The number of piperidine rings is 1. The lowest BCUT2D eigenvalue weighted by Crippen LogP contribution is -2.53. The van der Waals surface area contributed by atoms with Gasteiger partial charge in [-0.2, -0.15) is 5.26 Å². The average molecular weight is 414 g/mol. The number of fused-ring (bicyclic) bond motifs is 1. The number of methoxy groups -OCH3 is 1. The molecule has 2 fully saturated rings. The molecule has 7 nitrogen and oxygen atoms in total. The quantitative estimate of drug-likeness (QED) is 0.675. The normalized spacial score (nSPS) is 26.1. The van der Waals surface area contributed by atoms with Crippen LogP contribution in [-0.4, -0.2) is 54.5 Å². The first-order valence-corrected chi connectivity index (χ1v) is 10.9. The third-order valence-corrected chi connectivity index (χ3v) is 6.99. The Kier molecular flexibility index (Phi) is 6.28. The van der Waals surface area contributed by atoms with Gasteiger partial charge in [-0.05, 0) is 63.6 Å². The molecule has 7 heteroatoms. The minimum atomic E-state index is -0.321. The molecule has 2 aromatic rings. The summed E-state index contributed by atoms with van der Waals surface area (Å²) in [7, 11) is 1.70. The first-order chi connectivity index (χ1) is 14.5. The second-order valence-electron chi connectivity index (χ2n) is 8.81. The van der Waals surface area contributed by atoms with Crippen LogP contribution in [0.3, 0.4) is 0 Å². The van der Waals surface area contributed by atoms with Crippen molar-refractivity contribution in [2.24, 2.45) is 0 Å². The predicted molar refractivity (Wildman–Crippen MR) is 114 cm³/mol. The van der Waals surface area contributed by atoms with Crippen LogP contribution >= 0.6 is 0 Å². The van der Waals surface area contributed by atoms with Gasteiger partial charge in [0.25, 0.3) is 0 Å². The van der Waals surface area contributed by atoms with Gasteiger partial charge in [0.15, 0.2) is 5.58 Å². The summed E-state index contributed by atoms with van der Waals surface area (Å²) < 4.78 is 18.2. The molecule has 0 unspecified atom stereocenters. The molecule has 0 radical (unpaired) electrons. The highest BCUT2D eigenvalue weighted by Gasteiger charge is 2.38. The zero-order valence-electron chi connectivity index (χ0n) is 17.9. The van der Waals surface area contributed by atoms with Crippen molar-refractivity contribution in [1.29, 1.82) is 5.26 Å². The molecule has 1 saturated carbocycles. The molecule has 1 aliphatic heterocycles. The molecule has 0 amide bonds. The van der Waals surface area contributed by atoms with Crippen LogP contribution in [-0.2, 0) is 9.47 Å². The SMILES string of the molecule is COCCO[C@H]1CC[C@](C)(N2CCC(n3c(=O)oc4ccc(C#N)cc43)CC2)CC1. The highest BCUT2D eigenvalue weighted by molar-refractivity contribution is 5.75. The molecule has 0 bridgehead atoms. The maximum atomic E-state index is 12.5. The minimum Gasteiger partial charge on any atom is -0.408 e. The molecule has 4 rings (SSSR count). The van der Waals surface area contributed by atoms with Crippen molar-refractivity contribution >= 4 is 11.1 Å². The second-order valence-corrected chi connectivity index (χ2v) is 8.81. The lowest BCUT2D eigenvalue weighted by atomic mass is 9.79. The van der Waals surface area contributed by atoms with Crippen LogP contribution in [0.5, 0.6) is 0 Å². The first-order valence-electron chi connectivity index (χ1n) is 10.9. The molecule has 1 aliphatic carbocycles. The Morgan fingerprint density at radius 1 is 1.20 bits per heavy atom. The Hall–Kier alpha value is -2.14. The summed E-state index contributed by atoms with van der Waals surface area (Å²) in [5, 5.41) is 9.20. The number of hydrogen-bond acceptors (Lipinski definition) is 6. The number of benzene rings is 1. The third kappa shape index (κ3) is 4.18. The molecule has 1 saturated heterocycles. The average Bonchev–Trinajstić information content (AvgIpc) is 3.10. The van der Waals surface area contributed by atoms with Crippen LogP contribution in [0.2, 0.25) is 0 Å². The maximum absolute atomic E-state index is 12.5. The van der Waals surface area contributed by atoms with Crippen molar-refractivity contribution in [3.05, 3.63) is 34.3 Å². The van der Waals surface area contributed by atoms with Gasteiger partial charge in [0.2, 0.25) is 0 Å². The van der Waals surface area contributed by atoms with E-state index >= 15 is 0 Å². The van der Waals surface area contributed by atoms with Crippen LogP contribution in [0.15, 0.2) is 27.4 Å². The van der Waals surface area contributed by atoms with E-state index in [4.69, 9.17) is 13.9 Å². The van der Waals surface area contributed by atoms with Gasteiger partial charge in [-0.15, -0.1) is 0 Å². The predicted octanol–water partition coefficient (Wildman–Crippen LogP) is 3.47. The van der Waals surface area contributed by atoms with E-state index in [9.17, 15) is 10.1 Å². The Labute approximate surface area is 177 Å². The summed E-state index contributed by atoms with van der Waals surface area (Å²) in [6, 6.07) is 7.43. The molecule has 0 atom stereocenters. The van der Waals surface area contributed by atoms with Crippen LogP contribution in [0.1, 0.15) is 57.1 Å². The number of aromatic nitrogens is 1. The van der Waals surface area contributed by atoms with Crippen LogP contribution in [0.25, 0.3) is 11.1 Å². The van der Waals surface area contributed by atoms with E-state index in [1.165, 1.54) is 0 Å². The van der Waals surface area contributed by atoms with Gasteiger partial charge in [0.1, 0.15) is 0 Å². The number of nitrogens with zero attached hydrogens (tertiary/aromatic N) is 3. The van der Waals surface area contributed by atoms with Crippen molar-refractivity contribution in [2.75, 3.05) is 33.4 Å². The summed E-state index contributed by atoms with van der Waals surface area (Å²) in [6.45, 7) is 5.63. The van der Waals surface area contributed by atoms with Gasteiger partial charge in [-0.25, -0.2) is 4.79 Å². The lowest BCUT2D eigenvalue weighted by Gasteiger charge is -2.48. The molecule has 2 aliphatic rings. The molecule has 2 heterocycles. The van der Waals surface area contributed by atoms with Gasteiger partial charge < -0.3 is 13.9 Å². The van der Waals surface area contributed by atoms with Crippen molar-refractivity contribution in [3.63, 3.8) is 0 Å². The zero-order chi connectivity index (χ0) is 21.1. The largest absolute Gasteiger partial charge is 0.420 e. The molecule has 0 spiro atoms. The van der Waals surface area contributed by atoms with E-state index in [-0.39, 0.29) is 17.3 Å². The van der Waals surface area contributed by atoms with E-state index in [2.05, 4.69) is 17.9 Å². The number of likely N-dealkylation sites (tertiary alicyclic amines) is 1. The fourth-order valence-corrected chi connectivity index (χ4v) is 5.11. The highest BCUT2D eigenvalue weighted by atomic mass is 16.5. The summed E-state index contributed by atoms with van der Waals surface area (Å²) in [5.41, 5.74) is 2.04. The van der Waals surface area contributed by atoms with E-state index in [1.807, 2.05) is 0 Å². The lowest BCUT2D eigenvalue weighted by molar-refractivity contribution is -0.0419. The van der Waals surface area contributed by atoms with Crippen LogP contribution in [0.4, 0.5) is 0 Å². The second kappa shape index (κ2) is 8.93. The van der Waals surface area contributed by atoms with Crippen LogP contribution in [0, 0.1) is 11.3 Å². The Morgan fingerprint density at radius 2 is 1.93 bits per heavy atom. The Morgan fingerprint density at radius 3 is 2.60 bits per heavy atom. The van der Waals surface area contributed by atoms with E-state index in [0.29, 0.717) is 30.5 Å². The summed E-state index contributed by atoms with van der Waals surface area (Å²) in [5.74, 6) is -0.321. The smallest absolute Gasteiger partial charge is 0.408 e. The van der Waals surface area contributed by atoms with Gasteiger partial charge in [-0.1, -0.05) is 0 Å². The van der Waals surface area contributed by atoms with Gasteiger partial charge in [0.05, 0.1) is 36.5 Å². The third-order valence-electron chi connectivity index (χ3n) is 6.99. The molecule has 30 heavy (non-hydrogen) atoms. The van der Waals surface area contributed by atoms with Crippen LogP contribution < -0.4 is 5.76 Å². The number of rotatable bonds is 6. The summed E-state index contributed by atoms with van der Waals surface area (Å²) in [4.78, 5) is 15.1. The number of ether oxygens (including phenoxy) is 2. The topological polar surface area (TPSA) is 80.6 Å². The molecular formula is C23H31N3O4. The molecule has 1 aromatic carbocycles. The minimum absolute atomic E-state index is 0.112. The fraction of sp³-hybridized carbons (Fsp3) is 0.652. The maximum Gasteiger partial charge on any atom is 0.420 e. The molecule has 162 valence electrons. The zero-order valence-corrected chi connectivity index (χ0v) is 17.9. The van der Waals surface area contributed by atoms with Gasteiger partial charge in [0, 0.05) is 31.8 Å². The van der Waals surface area contributed by atoms with Gasteiger partial charge in [-0.3, -0.25) is 9.47 Å². The first kappa shape index (κ1) is 21.1. The Bertz CT molecular complexity index is 957. The van der Waals surface area contributed by atoms with E-state index in [1.54, 1.807) is 29.9 Å². The molecular weight excluding hydrogens is 382 g/mol. The summed E-state index contributed by atoms with van der Waals surface area (Å²) >= 11 is 0. The number of hydrogen-bond donors (Lipinski definition) is 0. The van der Waals surface area contributed by atoms with Crippen molar-refractivity contribution in [3.8, 4) is 6.07 Å². The van der Waals surface area contributed by atoms with Gasteiger partial charge >= 0.3 is 5.76 Å². The fourth-order valence-electron chi connectivity index (χ4n) is 5.11. The van der Waals surface area contributed by atoms with Crippen molar-refractivity contribution < 1.29 is 13.9 Å². The molecule has 0 N–H and O–H groups in total. The Balaban J connectivity index is 1.39. The standard InChI is InChI=1S/C23H31N3O4/c1-23(9-5-19(6-10-23)29-14-13-28-2)25-11-7-18(8-12-25)26-20-15-17(16-24)3-4-21(20)30-22(26)27/h3-4,15,18-19H,5-14H2,1-2H3/t19-,23-. The highest BCUT2D eigenvalue weighted by Crippen LogP contribution is 2.38. The van der Waals surface area contributed by atoms with E-state index < -0.39 is 0 Å². The van der Waals surface area contributed by atoms with E-state index in [0.717, 1.165) is 57.1 Å². The number of oxazole rings is 1. The summed E-state index contributed by atoms with van der Waals surface area (Å²) in [6.07, 6.45) is 6.61. The van der Waals surface area contributed by atoms with Crippen molar-refractivity contribution in [1.82, 2.24) is 9.47 Å². The monoisotopic (exact) mass is 413 g/mol. The number of nitriles is 1. The van der Waals surface area contributed by atoms with Crippen molar-refractivity contribution in [2.45, 2.75) is 63.1 Å². The molecule has 1 aromatic heterocycles.